The SMILES string of the molecule is Cc1nn(C)c(C)c1-c1nncn1CC(C)C. The first kappa shape index (κ1) is 11.8. The Bertz CT molecular complexity index is 521. The minimum absolute atomic E-state index is 0.571. The number of rotatable bonds is 3. The first-order valence-electron chi connectivity index (χ1n) is 5.89. The van der Waals surface area contributed by atoms with Gasteiger partial charge in [-0.15, -0.1) is 10.2 Å². The summed E-state index contributed by atoms with van der Waals surface area (Å²) in [6.07, 6.45) is 1.79. The topological polar surface area (TPSA) is 48.5 Å². The highest BCUT2D eigenvalue weighted by Gasteiger charge is 2.17. The number of hydrogen-bond donors (Lipinski definition) is 0. The fraction of sp³-hybridized carbons (Fsp3) is 0.583. The van der Waals surface area contributed by atoms with Crippen molar-refractivity contribution in [3.8, 4) is 11.4 Å². The van der Waals surface area contributed by atoms with E-state index in [9.17, 15) is 0 Å². The highest BCUT2D eigenvalue weighted by molar-refractivity contribution is 5.61. The zero-order valence-corrected chi connectivity index (χ0v) is 11.1. The molecular weight excluding hydrogens is 214 g/mol. The summed E-state index contributed by atoms with van der Waals surface area (Å²) in [6, 6.07) is 0. The van der Waals surface area contributed by atoms with Crippen molar-refractivity contribution >= 4 is 0 Å². The van der Waals surface area contributed by atoms with Gasteiger partial charge in [0.1, 0.15) is 6.33 Å². The van der Waals surface area contributed by atoms with Crippen molar-refractivity contribution < 1.29 is 0 Å². The van der Waals surface area contributed by atoms with Gasteiger partial charge >= 0.3 is 0 Å². The maximum absolute atomic E-state index is 4.42. The Hall–Kier alpha value is -1.65. The molecule has 0 N–H and O–H groups in total. The summed E-state index contributed by atoms with van der Waals surface area (Å²) in [7, 11) is 1.95. The molecule has 0 aliphatic carbocycles. The van der Waals surface area contributed by atoms with Crippen molar-refractivity contribution in [2.45, 2.75) is 34.2 Å². The van der Waals surface area contributed by atoms with E-state index in [0.29, 0.717) is 5.92 Å². The highest BCUT2D eigenvalue weighted by Crippen LogP contribution is 2.24. The second-order valence-corrected chi connectivity index (χ2v) is 4.87. The third-order valence-corrected chi connectivity index (χ3v) is 2.91. The molecule has 5 heteroatoms. The maximum atomic E-state index is 4.42. The van der Waals surface area contributed by atoms with Gasteiger partial charge in [-0.1, -0.05) is 13.8 Å². The summed E-state index contributed by atoms with van der Waals surface area (Å²) in [6.45, 7) is 9.37. The van der Waals surface area contributed by atoms with Crippen molar-refractivity contribution in [2.24, 2.45) is 13.0 Å². The van der Waals surface area contributed by atoms with Crippen LogP contribution in [0.25, 0.3) is 11.4 Å². The molecule has 17 heavy (non-hydrogen) atoms. The van der Waals surface area contributed by atoms with E-state index in [4.69, 9.17) is 0 Å². The van der Waals surface area contributed by atoms with Gasteiger partial charge in [-0.3, -0.25) is 4.68 Å². The summed E-state index contributed by atoms with van der Waals surface area (Å²) in [5.74, 6) is 1.49. The van der Waals surface area contributed by atoms with Crippen LogP contribution < -0.4 is 0 Å². The molecule has 2 heterocycles. The lowest BCUT2D eigenvalue weighted by Crippen LogP contribution is -2.06. The second kappa shape index (κ2) is 4.31. The second-order valence-electron chi connectivity index (χ2n) is 4.87. The lowest BCUT2D eigenvalue weighted by atomic mass is 10.1. The van der Waals surface area contributed by atoms with Crippen molar-refractivity contribution in [2.75, 3.05) is 0 Å². The highest BCUT2D eigenvalue weighted by atomic mass is 15.3. The molecule has 0 unspecified atom stereocenters. The fourth-order valence-electron chi connectivity index (χ4n) is 2.07. The Kier molecular flexibility index (Phi) is 3.00. The van der Waals surface area contributed by atoms with Crippen LogP contribution in [0.15, 0.2) is 6.33 Å². The molecule has 0 spiro atoms. The molecular formula is C12H19N5. The average molecular weight is 233 g/mol. The number of aromatic nitrogens is 5. The minimum atomic E-state index is 0.571. The first-order valence-corrected chi connectivity index (χ1v) is 5.89. The van der Waals surface area contributed by atoms with Crippen LogP contribution in [0.3, 0.4) is 0 Å². The molecule has 0 bridgehead atoms. The molecule has 5 nitrogen and oxygen atoms in total. The van der Waals surface area contributed by atoms with Gasteiger partial charge in [0.05, 0.1) is 11.3 Å². The lowest BCUT2D eigenvalue weighted by Gasteiger charge is -2.09. The smallest absolute Gasteiger partial charge is 0.167 e. The molecule has 0 saturated heterocycles. The summed E-state index contributed by atoms with van der Waals surface area (Å²) < 4.78 is 3.99. The molecule has 2 aromatic heterocycles. The van der Waals surface area contributed by atoms with Gasteiger partial charge in [0, 0.05) is 19.3 Å². The van der Waals surface area contributed by atoms with E-state index >= 15 is 0 Å². The Morgan fingerprint density at radius 2 is 2.00 bits per heavy atom. The van der Waals surface area contributed by atoms with Crippen LogP contribution in [-0.4, -0.2) is 24.5 Å². The van der Waals surface area contributed by atoms with E-state index in [1.165, 1.54) is 0 Å². The number of aryl methyl sites for hydroxylation is 2. The van der Waals surface area contributed by atoms with Gasteiger partial charge in [0.15, 0.2) is 5.82 Å². The van der Waals surface area contributed by atoms with E-state index in [1.54, 1.807) is 6.33 Å². The van der Waals surface area contributed by atoms with Crippen molar-refractivity contribution in [1.29, 1.82) is 0 Å². The maximum Gasteiger partial charge on any atom is 0.167 e. The molecule has 0 radical (unpaired) electrons. The molecule has 0 aliphatic rings. The van der Waals surface area contributed by atoms with Crippen molar-refractivity contribution in [3.05, 3.63) is 17.7 Å². The van der Waals surface area contributed by atoms with E-state index in [2.05, 4.69) is 40.6 Å². The van der Waals surface area contributed by atoms with Crippen LogP contribution in [0.5, 0.6) is 0 Å². The van der Waals surface area contributed by atoms with Gasteiger partial charge in [-0.25, -0.2) is 0 Å². The monoisotopic (exact) mass is 233 g/mol. The van der Waals surface area contributed by atoms with Crippen LogP contribution in [0.2, 0.25) is 0 Å². The van der Waals surface area contributed by atoms with Crippen molar-refractivity contribution in [3.63, 3.8) is 0 Å². The van der Waals surface area contributed by atoms with E-state index in [1.807, 2.05) is 18.7 Å². The van der Waals surface area contributed by atoms with E-state index < -0.39 is 0 Å². The Morgan fingerprint density at radius 3 is 2.53 bits per heavy atom. The summed E-state index contributed by atoms with van der Waals surface area (Å²) in [5, 5.41) is 12.7. The number of hydrogen-bond acceptors (Lipinski definition) is 3. The van der Waals surface area contributed by atoms with Gasteiger partial charge in [-0.2, -0.15) is 5.10 Å². The molecule has 0 saturated carbocycles. The fourth-order valence-corrected chi connectivity index (χ4v) is 2.07. The Labute approximate surface area is 101 Å². The van der Waals surface area contributed by atoms with Crippen LogP contribution in [0, 0.1) is 19.8 Å². The molecule has 0 fully saturated rings. The molecule has 0 amide bonds. The summed E-state index contributed by atoms with van der Waals surface area (Å²) in [5.41, 5.74) is 3.23. The molecule has 0 atom stereocenters. The Morgan fingerprint density at radius 1 is 1.29 bits per heavy atom. The number of nitrogens with zero attached hydrogens (tertiary/aromatic N) is 5. The molecule has 2 rings (SSSR count). The standard InChI is InChI=1S/C12H19N5/c1-8(2)6-17-7-13-14-12(17)11-9(3)15-16(5)10(11)4/h7-8H,6H2,1-5H3. The summed E-state index contributed by atoms with van der Waals surface area (Å²) >= 11 is 0. The van der Waals surface area contributed by atoms with Crippen LogP contribution >= 0.6 is 0 Å². The van der Waals surface area contributed by atoms with Gasteiger partial charge in [-0.05, 0) is 19.8 Å². The molecule has 0 aromatic carbocycles. The first-order chi connectivity index (χ1) is 8.00. The predicted octanol–water partition coefficient (Wildman–Crippen LogP) is 1.95. The minimum Gasteiger partial charge on any atom is -0.313 e. The van der Waals surface area contributed by atoms with Gasteiger partial charge < -0.3 is 4.57 Å². The third-order valence-electron chi connectivity index (χ3n) is 2.91. The van der Waals surface area contributed by atoms with Crippen molar-refractivity contribution in [1.82, 2.24) is 24.5 Å². The zero-order chi connectivity index (χ0) is 12.6. The molecule has 0 aliphatic heterocycles. The summed E-state index contributed by atoms with van der Waals surface area (Å²) in [4.78, 5) is 0. The van der Waals surface area contributed by atoms with Gasteiger partial charge in [0.2, 0.25) is 0 Å². The van der Waals surface area contributed by atoms with E-state index in [0.717, 1.165) is 29.3 Å². The normalized spacial score (nSPS) is 11.4. The molecule has 92 valence electrons. The molecule has 2 aromatic rings. The van der Waals surface area contributed by atoms with E-state index in [-0.39, 0.29) is 0 Å². The van der Waals surface area contributed by atoms with Crippen LogP contribution in [0.1, 0.15) is 25.2 Å². The van der Waals surface area contributed by atoms with Gasteiger partial charge in [0.25, 0.3) is 0 Å². The van der Waals surface area contributed by atoms with Crippen LogP contribution in [0.4, 0.5) is 0 Å². The quantitative estimate of drug-likeness (QED) is 0.814. The third kappa shape index (κ3) is 2.09. The predicted molar refractivity (Wildman–Crippen MR) is 66.5 cm³/mol. The Balaban J connectivity index is 2.49. The average Bonchev–Trinajstić information content (AvgIpc) is 2.73. The van der Waals surface area contributed by atoms with Crippen LogP contribution in [-0.2, 0) is 13.6 Å². The zero-order valence-electron chi connectivity index (χ0n) is 11.1. The lowest BCUT2D eigenvalue weighted by molar-refractivity contribution is 0.525. The largest absolute Gasteiger partial charge is 0.313 e.